The monoisotopic (exact) mass is 438 g/mol. The number of aromatic nitrogens is 3. The van der Waals surface area contributed by atoms with Gasteiger partial charge in [0.2, 0.25) is 5.91 Å². The fourth-order valence-electron chi connectivity index (χ4n) is 3.23. The number of anilines is 1. The van der Waals surface area contributed by atoms with Crippen LogP contribution in [0.1, 0.15) is 31.9 Å². The van der Waals surface area contributed by atoms with Crippen LogP contribution in [0, 0.1) is 19.8 Å². The summed E-state index contributed by atoms with van der Waals surface area (Å²) in [5.41, 5.74) is 4.04. The summed E-state index contributed by atoms with van der Waals surface area (Å²) in [5.74, 6) is 2.32. The molecule has 1 aromatic heterocycles. The van der Waals surface area contributed by atoms with E-state index in [4.69, 9.17) is 4.74 Å². The molecule has 0 unspecified atom stereocenters. The summed E-state index contributed by atoms with van der Waals surface area (Å²) in [6, 6.07) is 13.9. The van der Waals surface area contributed by atoms with Crippen molar-refractivity contribution >= 4 is 23.4 Å². The molecule has 0 fully saturated rings. The van der Waals surface area contributed by atoms with Crippen LogP contribution in [0.3, 0.4) is 0 Å². The van der Waals surface area contributed by atoms with Crippen molar-refractivity contribution in [3.8, 4) is 17.1 Å². The van der Waals surface area contributed by atoms with Gasteiger partial charge in [0.15, 0.2) is 11.0 Å². The summed E-state index contributed by atoms with van der Waals surface area (Å²) < 4.78 is 7.78. The molecule has 164 valence electrons. The van der Waals surface area contributed by atoms with E-state index >= 15 is 0 Å². The SMILES string of the molecule is CCn1c(SCC(=O)Nc2cc(C)cc(C)c2)nnc1-c1ccc(OCC(C)C)cc1. The predicted octanol–water partition coefficient (Wildman–Crippen LogP) is 5.35. The molecule has 0 bridgehead atoms. The van der Waals surface area contributed by atoms with E-state index in [-0.39, 0.29) is 11.7 Å². The van der Waals surface area contributed by atoms with E-state index in [2.05, 4.69) is 35.4 Å². The number of nitrogens with one attached hydrogen (secondary N) is 1. The third-order valence-electron chi connectivity index (χ3n) is 4.57. The summed E-state index contributed by atoms with van der Waals surface area (Å²) in [6.07, 6.45) is 0. The molecule has 0 atom stereocenters. The van der Waals surface area contributed by atoms with Gasteiger partial charge in [-0.3, -0.25) is 4.79 Å². The first-order chi connectivity index (χ1) is 14.9. The highest BCUT2D eigenvalue weighted by molar-refractivity contribution is 7.99. The highest BCUT2D eigenvalue weighted by Crippen LogP contribution is 2.26. The van der Waals surface area contributed by atoms with Gasteiger partial charge in [0, 0.05) is 17.8 Å². The molecule has 0 saturated carbocycles. The average Bonchev–Trinajstić information content (AvgIpc) is 3.13. The average molecular weight is 439 g/mol. The molecule has 1 N–H and O–H groups in total. The molecule has 3 aromatic rings. The van der Waals surface area contributed by atoms with Crippen LogP contribution in [-0.4, -0.2) is 33.0 Å². The van der Waals surface area contributed by atoms with Gasteiger partial charge in [0.1, 0.15) is 5.75 Å². The van der Waals surface area contributed by atoms with Gasteiger partial charge < -0.3 is 14.6 Å². The second-order valence-corrected chi connectivity index (χ2v) is 8.94. The lowest BCUT2D eigenvalue weighted by molar-refractivity contribution is -0.113. The number of benzene rings is 2. The van der Waals surface area contributed by atoms with Gasteiger partial charge in [0.05, 0.1) is 12.4 Å². The molecule has 3 rings (SSSR count). The Hall–Kier alpha value is -2.80. The number of hydrogen-bond donors (Lipinski definition) is 1. The van der Waals surface area contributed by atoms with Crippen molar-refractivity contribution in [1.29, 1.82) is 0 Å². The number of thioether (sulfide) groups is 1. The normalized spacial score (nSPS) is 11.0. The summed E-state index contributed by atoms with van der Waals surface area (Å²) in [5, 5.41) is 12.4. The highest BCUT2D eigenvalue weighted by Gasteiger charge is 2.15. The number of carbonyl (C=O) groups is 1. The number of rotatable bonds is 9. The smallest absolute Gasteiger partial charge is 0.234 e. The van der Waals surface area contributed by atoms with E-state index in [1.807, 2.05) is 61.7 Å². The lowest BCUT2D eigenvalue weighted by Gasteiger charge is -2.10. The third kappa shape index (κ3) is 6.34. The Morgan fingerprint density at radius 3 is 2.39 bits per heavy atom. The molecule has 31 heavy (non-hydrogen) atoms. The molecular weight excluding hydrogens is 408 g/mol. The van der Waals surface area contributed by atoms with E-state index in [1.54, 1.807) is 0 Å². The van der Waals surface area contributed by atoms with E-state index in [0.717, 1.165) is 45.7 Å². The van der Waals surface area contributed by atoms with Crippen molar-refractivity contribution in [3.05, 3.63) is 53.6 Å². The topological polar surface area (TPSA) is 69.0 Å². The Balaban J connectivity index is 1.65. The summed E-state index contributed by atoms with van der Waals surface area (Å²) in [7, 11) is 0. The summed E-state index contributed by atoms with van der Waals surface area (Å²) in [6.45, 7) is 11.7. The van der Waals surface area contributed by atoms with Gasteiger partial charge in [-0.1, -0.05) is 31.7 Å². The van der Waals surface area contributed by atoms with Crippen molar-refractivity contribution in [1.82, 2.24) is 14.8 Å². The zero-order chi connectivity index (χ0) is 22.4. The van der Waals surface area contributed by atoms with Crippen LogP contribution >= 0.6 is 11.8 Å². The first-order valence-electron chi connectivity index (χ1n) is 10.5. The fourth-order valence-corrected chi connectivity index (χ4v) is 4.03. The zero-order valence-corrected chi connectivity index (χ0v) is 19.6. The van der Waals surface area contributed by atoms with Gasteiger partial charge in [-0.2, -0.15) is 0 Å². The minimum Gasteiger partial charge on any atom is -0.493 e. The number of aryl methyl sites for hydroxylation is 2. The maximum atomic E-state index is 12.4. The molecule has 6 nitrogen and oxygen atoms in total. The second-order valence-electron chi connectivity index (χ2n) is 7.99. The quantitative estimate of drug-likeness (QED) is 0.456. The largest absolute Gasteiger partial charge is 0.493 e. The number of nitrogens with zero attached hydrogens (tertiary/aromatic N) is 3. The first kappa shape index (κ1) is 22.9. The van der Waals surface area contributed by atoms with Crippen molar-refractivity contribution in [3.63, 3.8) is 0 Å². The van der Waals surface area contributed by atoms with Gasteiger partial charge in [-0.15, -0.1) is 10.2 Å². The maximum absolute atomic E-state index is 12.4. The van der Waals surface area contributed by atoms with Gasteiger partial charge in [0.25, 0.3) is 0 Å². The summed E-state index contributed by atoms with van der Waals surface area (Å²) >= 11 is 1.39. The standard InChI is InChI=1S/C24H30N4O2S/c1-6-28-23(19-7-9-21(10-8-19)30-14-16(2)3)26-27-24(28)31-15-22(29)25-20-12-17(4)11-18(5)13-20/h7-13,16H,6,14-15H2,1-5H3,(H,25,29). The van der Waals surface area contributed by atoms with Crippen LogP contribution in [0.2, 0.25) is 0 Å². The number of carbonyl (C=O) groups excluding carboxylic acids is 1. The van der Waals surface area contributed by atoms with E-state index < -0.39 is 0 Å². The molecular formula is C24H30N4O2S. The van der Waals surface area contributed by atoms with Crippen LogP contribution in [0.4, 0.5) is 5.69 Å². The Labute approximate surface area is 188 Å². The molecule has 0 radical (unpaired) electrons. The van der Waals surface area contributed by atoms with E-state index in [0.29, 0.717) is 12.5 Å². The highest BCUT2D eigenvalue weighted by atomic mass is 32.2. The number of ether oxygens (including phenoxy) is 1. The van der Waals surface area contributed by atoms with Crippen molar-refractivity contribution in [2.75, 3.05) is 17.7 Å². The Morgan fingerprint density at radius 2 is 1.77 bits per heavy atom. The molecule has 0 aliphatic heterocycles. The molecule has 0 spiro atoms. The Morgan fingerprint density at radius 1 is 1.10 bits per heavy atom. The minimum absolute atomic E-state index is 0.0612. The van der Waals surface area contributed by atoms with Crippen molar-refractivity contribution < 1.29 is 9.53 Å². The molecule has 1 amide bonds. The molecule has 0 aliphatic carbocycles. The Bertz CT molecular complexity index is 1010. The second kappa shape index (κ2) is 10.5. The predicted molar refractivity (Wildman–Crippen MR) is 127 cm³/mol. The molecule has 2 aromatic carbocycles. The zero-order valence-electron chi connectivity index (χ0n) is 18.8. The van der Waals surface area contributed by atoms with Crippen molar-refractivity contribution in [2.24, 2.45) is 5.92 Å². The lowest BCUT2D eigenvalue weighted by atomic mass is 10.1. The van der Waals surface area contributed by atoms with E-state index in [9.17, 15) is 4.79 Å². The van der Waals surface area contributed by atoms with Crippen molar-refractivity contribution in [2.45, 2.75) is 46.3 Å². The van der Waals surface area contributed by atoms with Crippen LogP contribution in [0.25, 0.3) is 11.4 Å². The van der Waals surface area contributed by atoms with Crippen LogP contribution in [0.15, 0.2) is 47.6 Å². The maximum Gasteiger partial charge on any atom is 0.234 e. The number of amides is 1. The lowest BCUT2D eigenvalue weighted by Crippen LogP contribution is -2.15. The molecule has 0 saturated heterocycles. The van der Waals surface area contributed by atoms with Crippen LogP contribution in [0.5, 0.6) is 5.75 Å². The van der Waals surface area contributed by atoms with Crippen LogP contribution in [-0.2, 0) is 11.3 Å². The van der Waals surface area contributed by atoms with Gasteiger partial charge in [-0.25, -0.2) is 0 Å². The third-order valence-corrected chi connectivity index (χ3v) is 5.53. The number of hydrogen-bond acceptors (Lipinski definition) is 5. The summed E-state index contributed by atoms with van der Waals surface area (Å²) in [4.78, 5) is 12.4. The first-order valence-corrected chi connectivity index (χ1v) is 11.5. The van der Waals surface area contributed by atoms with Gasteiger partial charge >= 0.3 is 0 Å². The molecule has 1 heterocycles. The molecule has 7 heteroatoms. The van der Waals surface area contributed by atoms with E-state index in [1.165, 1.54) is 11.8 Å². The molecule has 0 aliphatic rings. The van der Waals surface area contributed by atoms with Crippen LogP contribution < -0.4 is 10.1 Å². The Kier molecular flexibility index (Phi) is 7.74. The minimum atomic E-state index is -0.0612. The fraction of sp³-hybridized carbons (Fsp3) is 0.375. The van der Waals surface area contributed by atoms with Gasteiger partial charge in [-0.05, 0) is 74.2 Å².